The predicted molar refractivity (Wildman–Crippen MR) is 87.1 cm³/mol. The first-order valence-corrected chi connectivity index (χ1v) is 7.55. The molecule has 3 heteroatoms. The number of aryl methyl sites for hydroxylation is 2. The number of nitrogens with two attached hydrogens (primary N) is 1. The number of hydrogen-bond acceptors (Lipinski definition) is 3. The molecule has 1 atom stereocenters. The highest BCUT2D eigenvalue weighted by atomic mass is 16.3. The van der Waals surface area contributed by atoms with Gasteiger partial charge in [-0.2, -0.15) is 0 Å². The Balaban J connectivity index is 2.42. The summed E-state index contributed by atoms with van der Waals surface area (Å²) in [4.78, 5) is 0. The molecule has 2 rings (SSSR count). The molecule has 0 saturated heterocycles. The van der Waals surface area contributed by atoms with Crippen molar-refractivity contribution in [3.8, 4) is 0 Å². The lowest BCUT2D eigenvalue weighted by Gasteiger charge is -2.18. The van der Waals surface area contributed by atoms with Gasteiger partial charge in [0.05, 0.1) is 6.04 Å². The van der Waals surface area contributed by atoms with Gasteiger partial charge in [0, 0.05) is 5.56 Å². The third kappa shape index (κ3) is 3.36. The summed E-state index contributed by atoms with van der Waals surface area (Å²) in [5.74, 6) is 8.38. The Kier molecular flexibility index (Phi) is 4.86. The topological polar surface area (TPSA) is 51.2 Å². The molecule has 3 N–H and O–H groups in total. The van der Waals surface area contributed by atoms with Crippen LogP contribution in [0.25, 0.3) is 0 Å². The second kappa shape index (κ2) is 6.46. The first-order chi connectivity index (χ1) is 9.93. The second-order valence-electron chi connectivity index (χ2n) is 6.20. The zero-order valence-electron chi connectivity index (χ0n) is 13.7. The fourth-order valence-electron chi connectivity index (χ4n) is 2.95. The summed E-state index contributed by atoms with van der Waals surface area (Å²) in [6.45, 7) is 10.5. The van der Waals surface area contributed by atoms with E-state index in [2.05, 4.69) is 50.5 Å². The quantitative estimate of drug-likeness (QED) is 0.646. The average molecular weight is 286 g/mol. The SMILES string of the molecule is Cc1oc(C)c(C(NN)c2cccc(CC(C)C)c2)c1C. The van der Waals surface area contributed by atoms with Crippen LogP contribution in [-0.2, 0) is 6.42 Å². The van der Waals surface area contributed by atoms with Crippen LogP contribution in [-0.4, -0.2) is 0 Å². The molecular formula is C18H26N2O. The number of benzene rings is 1. The first kappa shape index (κ1) is 15.8. The van der Waals surface area contributed by atoms with E-state index in [0.29, 0.717) is 5.92 Å². The zero-order valence-corrected chi connectivity index (χ0v) is 13.7. The third-order valence-corrected chi connectivity index (χ3v) is 4.00. The summed E-state index contributed by atoms with van der Waals surface area (Å²) in [6, 6.07) is 8.61. The molecule has 1 unspecified atom stereocenters. The Morgan fingerprint density at radius 3 is 2.38 bits per heavy atom. The Bertz CT molecular complexity index is 614. The van der Waals surface area contributed by atoms with Crippen molar-refractivity contribution in [3.63, 3.8) is 0 Å². The van der Waals surface area contributed by atoms with Crippen LogP contribution in [0.1, 0.15) is 53.7 Å². The molecule has 1 heterocycles. The van der Waals surface area contributed by atoms with E-state index in [1.807, 2.05) is 13.8 Å². The molecule has 0 aliphatic heterocycles. The van der Waals surface area contributed by atoms with Gasteiger partial charge in [-0.25, -0.2) is 5.43 Å². The Hall–Kier alpha value is -1.58. The second-order valence-corrected chi connectivity index (χ2v) is 6.20. The van der Waals surface area contributed by atoms with Crippen molar-refractivity contribution < 1.29 is 4.42 Å². The van der Waals surface area contributed by atoms with Crippen LogP contribution < -0.4 is 11.3 Å². The van der Waals surface area contributed by atoms with Crippen molar-refractivity contribution in [1.29, 1.82) is 0 Å². The number of hydrogen-bond donors (Lipinski definition) is 2. The van der Waals surface area contributed by atoms with Crippen LogP contribution in [0.3, 0.4) is 0 Å². The van der Waals surface area contributed by atoms with Gasteiger partial charge in [-0.3, -0.25) is 5.84 Å². The molecule has 0 spiro atoms. The fraction of sp³-hybridized carbons (Fsp3) is 0.444. The number of nitrogens with one attached hydrogen (secondary N) is 1. The van der Waals surface area contributed by atoms with Crippen molar-refractivity contribution in [2.24, 2.45) is 11.8 Å². The summed E-state index contributed by atoms with van der Waals surface area (Å²) >= 11 is 0. The molecular weight excluding hydrogens is 260 g/mol. The van der Waals surface area contributed by atoms with E-state index in [-0.39, 0.29) is 6.04 Å². The van der Waals surface area contributed by atoms with Crippen LogP contribution in [0.5, 0.6) is 0 Å². The van der Waals surface area contributed by atoms with Gasteiger partial charge in [0.1, 0.15) is 11.5 Å². The van der Waals surface area contributed by atoms with Gasteiger partial charge in [-0.1, -0.05) is 38.1 Å². The van der Waals surface area contributed by atoms with Crippen molar-refractivity contribution in [2.75, 3.05) is 0 Å². The largest absolute Gasteiger partial charge is 0.466 e. The van der Waals surface area contributed by atoms with E-state index in [1.165, 1.54) is 16.7 Å². The van der Waals surface area contributed by atoms with Crippen LogP contribution in [0.2, 0.25) is 0 Å². The minimum absolute atomic E-state index is 0.0328. The Morgan fingerprint density at radius 1 is 1.14 bits per heavy atom. The summed E-state index contributed by atoms with van der Waals surface area (Å²) in [5, 5.41) is 0. The molecule has 0 aliphatic carbocycles. The van der Waals surface area contributed by atoms with Crippen molar-refractivity contribution in [2.45, 2.75) is 47.1 Å². The van der Waals surface area contributed by atoms with E-state index in [4.69, 9.17) is 10.3 Å². The van der Waals surface area contributed by atoms with Crippen LogP contribution in [0.4, 0.5) is 0 Å². The highest BCUT2D eigenvalue weighted by Gasteiger charge is 2.21. The first-order valence-electron chi connectivity index (χ1n) is 7.55. The third-order valence-electron chi connectivity index (χ3n) is 4.00. The molecule has 3 nitrogen and oxygen atoms in total. The summed E-state index contributed by atoms with van der Waals surface area (Å²) in [5.41, 5.74) is 7.80. The average Bonchev–Trinajstić information content (AvgIpc) is 2.66. The number of hydrazine groups is 1. The predicted octanol–water partition coefficient (Wildman–Crippen LogP) is 3.96. The molecule has 0 amide bonds. The normalized spacial score (nSPS) is 12.9. The van der Waals surface area contributed by atoms with Gasteiger partial charge >= 0.3 is 0 Å². The maximum atomic E-state index is 5.84. The van der Waals surface area contributed by atoms with Gasteiger partial charge in [-0.05, 0) is 49.8 Å². The molecule has 1 aromatic carbocycles. The number of rotatable bonds is 5. The van der Waals surface area contributed by atoms with E-state index in [9.17, 15) is 0 Å². The van der Waals surface area contributed by atoms with Crippen molar-refractivity contribution in [3.05, 3.63) is 58.0 Å². The van der Waals surface area contributed by atoms with E-state index in [0.717, 1.165) is 23.5 Å². The van der Waals surface area contributed by atoms with E-state index < -0.39 is 0 Å². The highest BCUT2D eigenvalue weighted by molar-refractivity contribution is 5.41. The lowest BCUT2D eigenvalue weighted by atomic mass is 9.93. The van der Waals surface area contributed by atoms with Crippen molar-refractivity contribution in [1.82, 2.24) is 5.43 Å². The van der Waals surface area contributed by atoms with Gasteiger partial charge in [0.15, 0.2) is 0 Å². The van der Waals surface area contributed by atoms with Crippen LogP contribution in [0, 0.1) is 26.7 Å². The lowest BCUT2D eigenvalue weighted by Crippen LogP contribution is -2.29. The van der Waals surface area contributed by atoms with Crippen LogP contribution >= 0.6 is 0 Å². The Morgan fingerprint density at radius 2 is 1.86 bits per heavy atom. The van der Waals surface area contributed by atoms with Gasteiger partial charge in [0.2, 0.25) is 0 Å². The molecule has 0 radical (unpaired) electrons. The van der Waals surface area contributed by atoms with E-state index >= 15 is 0 Å². The van der Waals surface area contributed by atoms with Gasteiger partial charge in [0.25, 0.3) is 0 Å². The molecule has 0 aliphatic rings. The smallest absolute Gasteiger partial charge is 0.106 e. The maximum Gasteiger partial charge on any atom is 0.106 e. The maximum absolute atomic E-state index is 5.84. The summed E-state index contributed by atoms with van der Waals surface area (Å²) in [7, 11) is 0. The molecule has 0 fully saturated rings. The lowest BCUT2D eigenvalue weighted by molar-refractivity contribution is 0.494. The highest BCUT2D eigenvalue weighted by Crippen LogP contribution is 2.31. The van der Waals surface area contributed by atoms with Crippen molar-refractivity contribution >= 4 is 0 Å². The minimum Gasteiger partial charge on any atom is -0.466 e. The summed E-state index contributed by atoms with van der Waals surface area (Å²) in [6.07, 6.45) is 1.08. The monoisotopic (exact) mass is 286 g/mol. The molecule has 0 bridgehead atoms. The van der Waals surface area contributed by atoms with Crippen LogP contribution in [0.15, 0.2) is 28.7 Å². The standard InChI is InChI=1S/C18H26N2O/c1-11(2)9-15-7-6-8-16(10-15)18(20-19)17-12(3)13(4)21-14(17)5/h6-8,10-11,18,20H,9,19H2,1-5H3. The molecule has 114 valence electrons. The zero-order chi connectivity index (χ0) is 15.6. The molecule has 0 saturated carbocycles. The molecule has 21 heavy (non-hydrogen) atoms. The fourth-order valence-corrected chi connectivity index (χ4v) is 2.95. The number of furan rings is 1. The van der Waals surface area contributed by atoms with E-state index in [1.54, 1.807) is 0 Å². The minimum atomic E-state index is -0.0328. The summed E-state index contributed by atoms with van der Waals surface area (Å²) < 4.78 is 5.75. The van der Waals surface area contributed by atoms with Gasteiger partial charge < -0.3 is 4.42 Å². The molecule has 2 aromatic rings. The molecule has 1 aromatic heterocycles. The van der Waals surface area contributed by atoms with Gasteiger partial charge in [-0.15, -0.1) is 0 Å². The Labute approximate surface area is 127 Å².